The molecule has 1 atom stereocenters. The molecular weight excluding hydrogens is 336 g/mol. The molecule has 134 valence electrons. The Hall–Kier alpha value is -3.22. The number of non-ortho nitro benzene ring substituents is 1. The van der Waals surface area contributed by atoms with E-state index in [1.165, 1.54) is 19.2 Å². The van der Waals surface area contributed by atoms with Gasteiger partial charge in [0.25, 0.3) is 11.6 Å². The predicted octanol–water partition coefficient (Wildman–Crippen LogP) is 3.36. The van der Waals surface area contributed by atoms with Crippen LogP contribution in [0.1, 0.15) is 45.2 Å². The van der Waals surface area contributed by atoms with Crippen molar-refractivity contribution in [3.63, 3.8) is 0 Å². The Balaban J connectivity index is 1.97. The van der Waals surface area contributed by atoms with Crippen molar-refractivity contribution < 1.29 is 19.2 Å². The van der Waals surface area contributed by atoms with Gasteiger partial charge in [0.15, 0.2) is 0 Å². The van der Waals surface area contributed by atoms with Crippen LogP contribution in [0.25, 0.3) is 0 Å². The van der Waals surface area contributed by atoms with Gasteiger partial charge in [-0.15, -0.1) is 0 Å². The Morgan fingerprint density at radius 2 is 1.85 bits per heavy atom. The third-order valence-electron chi connectivity index (χ3n) is 4.49. The number of benzene rings is 2. The molecule has 0 aliphatic carbocycles. The van der Waals surface area contributed by atoms with Crippen molar-refractivity contribution in [1.82, 2.24) is 4.90 Å². The van der Waals surface area contributed by atoms with Crippen molar-refractivity contribution in [2.45, 2.75) is 18.9 Å². The second kappa shape index (κ2) is 7.35. The number of carbonyl (C=O) groups is 2. The zero-order chi connectivity index (χ0) is 18.7. The van der Waals surface area contributed by atoms with Crippen molar-refractivity contribution in [2.75, 3.05) is 13.7 Å². The molecule has 1 heterocycles. The van der Waals surface area contributed by atoms with Crippen LogP contribution in [0.15, 0.2) is 48.5 Å². The quantitative estimate of drug-likeness (QED) is 0.477. The second-order valence-electron chi connectivity index (χ2n) is 6.08. The summed E-state index contributed by atoms with van der Waals surface area (Å²) < 4.78 is 4.64. The predicted molar refractivity (Wildman–Crippen MR) is 93.9 cm³/mol. The van der Waals surface area contributed by atoms with E-state index in [2.05, 4.69) is 4.74 Å². The van der Waals surface area contributed by atoms with Crippen LogP contribution in [-0.4, -0.2) is 35.4 Å². The molecular formula is C19H18N2O5. The van der Waals surface area contributed by atoms with Crippen molar-refractivity contribution in [1.29, 1.82) is 0 Å². The first-order valence-electron chi connectivity index (χ1n) is 8.25. The monoisotopic (exact) mass is 354 g/mol. The van der Waals surface area contributed by atoms with Gasteiger partial charge in [-0.05, 0) is 24.5 Å². The van der Waals surface area contributed by atoms with Gasteiger partial charge < -0.3 is 9.64 Å². The minimum atomic E-state index is -0.719. The SMILES string of the molecule is COC(=O)c1cc(C(=O)N2CCCC2c2ccccc2)cc([N+](=O)[O-])c1. The van der Waals surface area contributed by atoms with Gasteiger partial charge in [0.1, 0.15) is 0 Å². The molecule has 0 N–H and O–H groups in total. The summed E-state index contributed by atoms with van der Waals surface area (Å²) >= 11 is 0. The molecule has 1 amide bonds. The summed E-state index contributed by atoms with van der Waals surface area (Å²) in [4.78, 5) is 37.1. The van der Waals surface area contributed by atoms with Gasteiger partial charge in [-0.1, -0.05) is 30.3 Å². The summed E-state index contributed by atoms with van der Waals surface area (Å²) in [5.41, 5.74) is 0.812. The van der Waals surface area contributed by atoms with Crippen molar-refractivity contribution in [3.8, 4) is 0 Å². The number of likely N-dealkylation sites (tertiary alicyclic amines) is 1. The highest BCUT2D eigenvalue weighted by atomic mass is 16.6. The number of ether oxygens (including phenoxy) is 1. The number of nitrogens with zero attached hydrogens (tertiary/aromatic N) is 2. The average molecular weight is 354 g/mol. The average Bonchev–Trinajstić information content (AvgIpc) is 3.16. The Kier molecular flexibility index (Phi) is 4.97. The van der Waals surface area contributed by atoms with Gasteiger partial charge in [0.05, 0.1) is 23.6 Å². The van der Waals surface area contributed by atoms with Crippen LogP contribution in [0.4, 0.5) is 5.69 Å². The van der Waals surface area contributed by atoms with E-state index in [4.69, 9.17) is 0 Å². The van der Waals surface area contributed by atoms with E-state index in [9.17, 15) is 19.7 Å². The lowest BCUT2D eigenvalue weighted by Crippen LogP contribution is -2.30. The summed E-state index contributed by atoms with van der Waals surface area (Å²) in [5.74, 6) is -1.05. The minimum Gasteiger partial charge on any atom is -0.465 e. The highest BCUT2D eigenvalue weighted by molar-refractivity contribution is 5.99. The first-order chi connectivity index (χ1) is 12.5. The van der Waals surface area contributed by atoms with E-state index >= 15 is 0 Å². The number of hydrogen-bond acceptors (Lipinski definition) is 5. The molecule has 7 nitrogen and oxygen atoms in total. The fraction of sp³-hybridized carbons (Fsp3) is 0.263. The van der Waals surface area contributed by atoms with E-state index in [0.717, 1.165) is 24.5 Å². The zero-order valence-electron chi connectivity index (χ0n) is 14.3. The molecule has 1 fully saturated rings. The summed E-state index contributed by atoms with van der Waals surface area (Å²) in [6, 6.07) is 13.3. The van der Waals surface area contributed by atoms with Crippen molar-refractivity contribution in [3.05, 3.63) is 75.3 Å². The molecule has 1 aliphatic rings. The lowest BCUT2D eigenvalue weighted by molar-refractivity contribution is -0.384. The second-order valence-corrected chi connectivity index (χ2v) is 6.08. The summed E-state index contributed by atoms with van der Waals surface area (Å²) in [6.07, 6.45) is 1.68. The van der Waals surface area contributed by atoms with Crippen LogP contribution in [0.5, 0.6) is 0 Å². The van der Waals surface area contributed by atoms with E-state index in [1.807, 2.05) is 30.3 Å². The number of esters is 1. The summed E-state index contributed by atoms with van der Waals surface area (Å²) in [7, 11) is 1.19. The zero-order valence-corrected chi connectivity index (χ0v) is 14.3. The highest BCUT2D eigenvalue weighted by Crippen LogP contribution is 2.33. The number of carbonyl (C=O) groups excluding carboxylic acids is 2. The third-order valence-corrected chi connectivity index (χ3v) is 4.49. The van der Waals surface area contributed by atoms with E-state index in [0.29, 0.717) is 6.54 Å². The Bertz CT molecular complexity index is 850. The van der Waals surface area contributed by atoms with Crippen LogP contribution in [0.2, 0.25) is 0 Å². The third kappa shape index (κ3) is 3.42. The first kappa shape index (κ1) is 17.6. The molecule has 0 bridgehead atoms. The largest absolute Gasteiger partial charge is 0.465 e. The molecule has 3 rings (SSSR count). The Labute approximate surface area is 150 Å². The smallest absolute Gasteiger partial charge is 0.338 e. The van der Waals surface area contributed by atoms with E-state index in [1.54, 1.807) is 4.90 Å². The normalized spacial score (nSPS) is 16.3. The van der Waals surface area contributed by atoms with Crippen LogP contribution in [0, 0.1) is 10.1 Å². The molecule has 1 aliphatic heterocycles. The lowest BCUT2D eigenvalue weighted by atomic mass is 10.0. The Morgan fingerprint density at radius 1 is 1.15 bits per heavy atom. The van der Waals surface area contributed by atoms with Crippen LogP contribution < -0.4 is 0 Å². The molecule has 0 radical (unpaired) electrons. The van der Waals surface area contributed by atoms with Gasteiger partial charge in [-0.2, -0.15) is 0 Å². The maximum absolute atomic E-state index is 13.0. The van der Waals surface area contributed by atoms with Gasteiger partial charge in [0.2, 0.25) is 0 Å². The minimum absolute atomic E-state index is 0.0134. The number of nitro groups is 1. The maximum atomic E-state index is 13.0. The molecule has 0 spiro atoms. The molecule has 0 aromatic heterocycles. The molecule has 2 aromatic carbocycles. The first-order valence-corrected chi connectivity index (χ1v) is 8.25. The number of nitro benzene ring substituents is 1. The molecule has 1 saturated heterocycles. The van der Waals surface area contributed by atoms with Gasteiger partial charge in [-0.25, -0.2) is 4.79 Å². The van der Waals surface area contributed by atoms with E-state index < -0.39 is 10.9 Å². The van der Waals surface area contributed by atoms with Crippen LogP contribution >= 0.6 is 0 Å². The Morgan fingerprint density at radius 3 is 2.50 bits per heavy atom. The maximum Gasteiger partial charge on any atom is 0.338 e. The van der Waals surface area contributed by atoms with Crippen LogP contribution in [0.3, 0.4) is 0 Å². The summed E-state index contributed by atoms with van der Waals surface area (Å²) in [6.45, 7) is 0.564. The van der Waals surface area contributed by atoms with Crippen LogP contribution in [-0.2, 0) is 4.74 Å². The standard InChI is InChI=1S/C19H18N2O5/c1-26-19(23)15-10-14(11-16(12-15)21(24)25)18(22)20-9-5-8-17(20)13-6-3-2-4-7-13/h2-4,6-7,10-12,17H,5,8-9H2,1H3. The molecule has 26 heavy (non-hydrogen) atoms. The van der Waals surface area contributed by atoms with E-state index in [-0.39, 0.29) is 28.8 Å². The summed E-state index contributed by atoms with van der Waals surface area (Å²) in [5, 5.41) is 11.2. The van der Waals surface area contributed by atoms with Crippen molar-refractivity contribution >= 4 is 17.6 Å². The van der Waals surface area contributed by atoms with Gasteiger partial charge >= 0.3 is 5.97 Å². The fourth-order valence-electron chi connectivity index (χ4n) is 3.27. The topological polar surface area (TPSA) is 89.8 Å². The lowest BCUT2D eigenvalue weighted by Gasteiger charge is -2.25. The van der Waals surface area contributed by atoms with Gasteiger partial charge in [-0.3, -0.25) is 14.9 Å². The number of hydrogen-bond donors (Lipinski definition) is 0. The molecule has 7 heteroatoms. The molecule has 0 saturated carbocycles. The number of amides is 1. The number of rotatable bonds is 4. The molecule has 1 unspecified atom stereocenters. The number of methoxy groups -OCH3 is 1. The van der Waals surface area contributed by atoms with Gasteiger partial charge in [0, 0.05) is 24.2 Å². The molecule has 2 aromatic rings. The highest BCUT2D eigenvalue weighted by Gasteiger charge is 2.31. The fourth-order valence-corrected chi connectivity index (χ4v) is 3.27. The van der Waals surface area contributed by atoms with Crippen molar-refractivity contribution in [2.24, 2.45) is 0 Å².